The van der Waals surface area contributed by atoms with Crippen molar-refractivity contribution in [2.45, 2.75) is 13.8 Å². The normalized spacial score (nSPS) is 15.7. The molecule has 122 valence electrons. The van der Waals surface area contributed by atoms with Crippen molar-refractivity contribution in [2.24, 2.45) is 0 Å². The first-order valence-electron chi connectivity index (χ1n) is 7.77. The molecule has 7 nitrogen and oxygen atoms in total. The lowest BCUT2D eigenvalue weighted by Gasteiger charge is -2.34. The van der Waals surface area contributed by atoms with Crippen molar-refractivity contribution in [1.82, 2.24) is 20.1 Å². The standard InChI is InChI=1S/C16H22N6O/c1-11-4-5-14(18-16(23)13-10-12(2)19-20-13)17-15(11)22-8-6-21(3)7-9-22/h4-5,10H,6-9H2,1-3H3,(H,19,20)(H,17,18,23). The van der Waals surface area contributed by atoms with Crippen LogP contribution < -0.4 is 10.2 Å². The van der Waals surface area contributed by atoms with Crippen LogP contribution in [0, 0.1) is 13.8 Å². The van der Waals surface area contributed by atoms with E-state index in [-0.39, 0.29) is 5.91 Å². The summed E-state index contributed by atoms with van der Waals surface area (Å²) in [6.07, 6.45) is 0. The molecule has 0 saturated carbocycles. The number of piperazine rings is 1. The molecule has 1 saturated heterocycles. The van der Waals surface area contributed by atoms with Gasteiger partial charge in [0.05, 0.1) is 0 Å². The molecule has 0 unspecified atom stereocenters. The summed E-state index contributed by atoms with van der Waals surface area (Å²) in [5.74, 6) is 1.24. The maximum Gasteiger partial charge on any atom is 0.277 e. The number of amides is 1. The van der Waals surface area contributed by atoms with E-state index in [1.807, 2.05) is 26.0 Å². The molecule has 1 aliphatic heterocycles. The number of aromatic amines is 1. The molecule has 3 rings (SSSR count). The molecule has 0 spiro atoms. The molecule has 2 N–H and O–H groups in total. The Morgan fingerprint density at radius 2 is 1.96 bits per heavy atom. The van der Waals surface area contributed by atoms with Gasteiger partial charge in [-0.15, -0.1) is 0 Å². The third-order valence-corrected chi connectivity index (χ3v) is 4.05. The van der Waals surface area contributed by atoms with Gasteiger partial charge >= 0.3 is 0 Å². The van der Waals surface area contributed by atoms with Crippen LogP contribution in [0.5, 0.6) is 0 Å². The van der Waals surface area contributed by atoms with Crippen molar-refractivity contribution in [3.8, 4) is 0 Å². The van der Waals surface area contributed by atoms with E-state index in [4.69, 9.17) is 0 Å². The molecular weight excluding hydrogens is 292 g/mol. The van der Waals surface area contributed by atoms with E-state index >= 15 is 0 Å². The summed E-state index contributed by atoms with van der Waals surface area (Å²) in [5, 5.41) is 9.55. The Labute approximate surface area is 135 Å². The lowest BCUT2D eigenvalue weighted by molar-refractivity contribution is 0.102. The first-order chi connectivity index (χ1) is 11.0. The Balaban J connectivity index is 1.76. The van der Waals surface area contributed by atoms with E-state index in [0.717, 1.165) is 43.3 Å². The van der Waals surface area contributed by atoms with E-state index in [1.54, 1.807) is 6.07 Å². The topological polar surface area (TPSA) is 77.2 Å². The summed E-state index contributed by atoms with van der Waals surface area (Å²) in [6, 6.07) is 5.53. The van der Waals surface area contributed by atoms with E-state index in [0.29, 0.717) is 11.5 Å². The molecule has 2 aromatic rings. The number of rotatable bonds is 3. The highest BCUT2D eigenvalue weighted by Gasteiger charge is 2.18. The number of carbonyl (C=O) groups is 1. The van der Waals surface area contributed by atoms with Crippen LogP contribution in [0.15, 0.2) is 18.2 Å². The maximum absolute atomic E-state index is 12.2. The molecule has 1 amide bonds. The van der Waals surface area contributed by atoms with E-state index in [2.05, 4.69) is 37.3 Å². The third-order valence-electron chi connectivity index (χ3n) is 4.05. The lowest BCUT2D eigenvalue weighted by atomic mass is 10.2. The largest absolute Gasteiger partial charge is 0.354 e. The fourth-order valence-electron chi connectivity index (χ4n) is 2.64. The van der Waals surface area contributed by atoms with Gasteiger partial charge in [-0.3, -0.25) is 9.89 Å². The average Bonchev–Trinajstić information content (AvgIpc) is 2.97. The van der Waals surface area contributed by atoms with Gasteiger partial charge in [-0.25, -0.2) is 4.98 Å². The molecule has 1 fully saturated rings. The summed E-state index contributed by atoms with van der Waals surface area (Å²) >= 11 is 0. The molecule has 7 heteroatoms. The number of nitrogens with one attached hydrogen (secondary N) is 2. The average molecular weight is 314 g/mol. The van der Waals surface area contributed by atoms with Gasteiger partial charge in [-0.05, 0) is 38.6 Å². The number of aromatic nitrogens is 3. The summed E-state index contributed by atoms with van der Waals surface area (Å²) in [7, 11) is 2.13. The monoisotopic (exact) mass is 314 g/mol. The van der Waals surface area contributed by atoms with Crippen molar-refractivity contribution in [1.29, 1.82) is 0 Å². The van der Waals surface area contributed by atoms with Gasteiger partial charge < -0.3 is 15.1 Å². The molecule has 0 aromatic carbocycles. The number of hydrogen-bond donors (Lipinski definition) is 2. The molecular formula is C16H22N6O. The first-order valence-corrected chi connectivity index (χ1v) is 7.77. The highest BCUT2D eigenvalue weighted by atomic mass is 16.2. The van der Waals surface area contributed by atoms with Crippen LogP contribution in [0.1, 0.15) is 21.7 Å². The van der Waals surface area contributed by atoms with Crippen molar-refractivity contribution < 1.29 is 4.79 Å². The number of pyridine rings is 1. The maximum atomic E-state index is 12.2. The van der Waals surface area contributed by atoms with Gasteiger partial charge in [-0.1, -0.05) is 6.07 Å². The Kier molecular flexibility index (Phi) is 4.29. The van der Waals surface area contributed by atoms with Gasteiger partial charge in [0.25, 0.3) is 5.91 Å². The molecule has 2 aromatic heterocycles. The summed E-state index contributed by atoms with van der Waals surface area (Å²) in [6.45, 7) is 7.83. The number of likely N-dealkylation sites (N-methyl/N-ethyl adjacent to an activating group) is 1. The number of aryl methyl sites for hydroxylation is 2. The minimum atomic E-state index is -0.255. The van der Waals surface area contributed by atoms with E-state index < -0.39 is 0 Å². The van der Waals surface area contributed by atoms with Crippen LogP contribution in [0.25, 0.3) is 0 Å². The van der Waals surface area contributed by atoms with E-state index in [1.165, 1.54) is 0 Å². The van der Waals surface area contributed by atoms with Gasteiger partial charge in [0.2, 0.25) is 0 Å². The minimum absolute atomic E-state index is 0.255. The lowest BCUT2D eigenvalue weighted by Crippen LogP contribution is -2.45. The fraction of sp³-hybridized carbons (Fsp3) is 0.438. The van der Waals surface area contributed by atoms with Gasteiger partial charge in [-0.2, -0.15) is 5.10 Å². The molecule has 0 bridgehead atoms. The molecule has 1 aliphatic rings. The van der Waals surface area contributed by atoms with Crippen molar-refractivity contribution in [2.75, 3.05) is 43.4 Å². The summed E-state index contributed by atoms with van der Waals surface area (Å²) < 4.78 is 0. The first kappa shape index (κ1) is 15.5. The highest BCUT2D eigenvalue weighted by Crippen LogP contribution is 2.21. The van der Waals surface area contributed by atoms with E-state index in [9.17, 15) is 4.79 Å². The smallest absolute Gasteiger partial charge is 0.277 e. The number of carbonyl (C=O) groups excluding carboxylic acids is 1. The quantitative estimate of drug-likeness (QED) is 0.896. The number of nitrogens with zero attached hydrogens (tertiary/aromatic N) is 4. The molecule has 0 atom stereocenters. The van der Waals surface area contributed by atoms with Crippen LogP contribution in [-0.4, -0.2) is 59.2 Å². The zero-order valence-corrected chi connectivity index (χ0v) is 13.8. The van der Waals surface area contributed by atoms with Crippen molar-refractivity contribution >= 4 is 17.5 Å². The third kappa shape index (κ3) is 3.50. The highest BCUT2D eigenvalue weighted by molar-refractivity contribution is 6.02. The molecule has 3 heterocycles. The van der Waals surface area contributed by atoms with Gasteiger partial charge in [0.15, 0.2) is 5.69 Å². The van der Waals surface area contributed by atoms with Gasteiger partial charge in [0, 0.05) is 31.9 Å². The second kappa shape index (κ2) is 6.37. The van der Waals surface area contributed by atoms with Crippen LogP contribution in [0.3, 0.4) is 0 Å². The summed E-state index contributed by atoms with van der Waals surface area (Å²) in [4.78, 5) is 21.4. The SMILES string of the molecule is Cc1cc(C(=O)Nc2ccc(C)c(N3CCN(C)CC3)n2)n[nH]1. The van der Waals surface area contributed by atoms with Crippen LogP contribution in [0.4, 0.5) is 11.6 Å². The zero-order chi connectivity index (χ0) is 16.4. The summed E-state index contributed by atoms with van der Waals surface area (Å²) in [5.41, 5.74) is 2.33. The van der Waals surface area contributed by atoms with Crippen molar-refractivity contribution in [3.05, 3.63) is 35.2 Å². The second-order valence-corrected chi connectivity index (χ2v) is 6.02. The van der Waals surface area contributed by atoms with Crippen LogP contribution >= 0.6 is 0 Å². The van der Waals surface area contributed by atoms with Gasteiger partial charge in [0.1, 0.15) is 11.6 Å². The fourth-order valence-corrected chi connectivity index (χ4v) is 2.64. The number of hydrogen-bond acceptors (Lipinski definition) is 5. The second-order valence-electron chi connectivity index (χ2n) is 6.02. The van der Waals surface area contributed by atoms with Crippen LogP contribution in [-0.2, 0) is 0 Å². The number of anilines is 2. The van der Waals surface area contributed by atoms with Crippen LogP contribution in [0.2, 0.25) is 0 Å². The Bertz CT molecular complexity index is 702. The predicted molar refractivity (Wildman–Crippen MR) is 90.0 cm³/mol. The molecule has 0 radical (unpaired) electrons. The van der Waals surface area contributed by atoms with Crippen molar-refractivity contribution in [3.63, 3.8) is 0 Å². The Hall–Kier alpha value is -2.41. The molecule has 23 heavy (non-hydrogen) atoms. The number of H-pyrrole nitrogens is 1. The Morgan fingerprint density at radius 1 is 1.22 bits per heavy atom. The molecule has 0 aliphatic carbocycles. The predicted octanol–water partition coefficient (Wildman–Crippen LogP) is 1.43. The zero-order valence-electron chi connectivity index (χ0n) is 13.8. The Morgan fingerprint density at radius 3 is 2.61 bits per heavy atom. The minimum Gasteiger partial charge on any atom is -0.354 e.